The third-order valence-corrected chi connectivity index (χ3v) is 3.89. The first kappa shape index (κ1) is 21.1. The van der Waals surface area contributed by atoms with E-state index in [4.69, 9.17) is 14.2 Å². The maximum absolute atomic E-state index is 12.1. The number of carbonyl (C=O) groups excluding carboxylic acids is 3. The van der Waals surface area contributed by atoms with Gasteiger partial charge in [-0.3, -0.25) is 14.4 Å². The average molecular weight is 385 g/mol. The van der Waals surface area contributed by atoms with E-state index in [-0.39, 0.29) is 48.4 Å². The highest BCUT2D eigenvalue weighted by molar-refractivity contribution is 5.96. The monoisotopic (exact) mass is 385 g/mol. The standard InChI is InChI=1S/C21H23NO6/c1-15(23)20-21(17(26-2)12-13-22-20)28-19(25)11-7-6-10-18(24)27-14-16-8-4-3-5-9-16/h3-5,8-9,12-13H,6-7,10-11,14H2,1-2H3. The van der Waals surface area contributed by atoms with Crippen LogP contribution in [0.2, 0.25) is 0 Å². The number of nitrogens with zero attached hydrogens (tertiary/aromatic N) is 1. The Kier molecular flexibility index (Phi) is 8.14. The largest absolute Gasteiger partial charge is 0.493 e. The molecule has 0 bridgehead atoms. The maximum atomic E-state index is 12.1. The third-order valence-electron chi connectivity index (χ3n) is 3.89. The molecule has 0 atom stereocenters. The molecule has 1 heterocycles. The first-order valence-corrected chi connectivity index (χ1v) is 8.95. The predicted molar refractivity (Wildman–Crippen MR) is 101 cm³/mol. The summed E-state index contributed by atoms with van der Waals surface area (Å²) < 4.78 is 15.6. The molecule has 1 aromatic carbocycles. The molecule has 2 aromatic rings. The summed E-state index contributed by atoms with van der Waals surface area (Å²) in [6.45, 7) is 1.57. The van der Waals surface area contributed by atoms with Crippen LogP contribution in [0, 0.1) is 0 Å². The minimum absolute atomic E-state index is 0.0183. The number of rotatable bonds is 10. The SMILES string of the molecule is COc1ccnc(C(C)=O)c1OC(=O)CCCCC(=O)OCc1ccccc1. The Morgan fingerprint density at radius 1 is 0.964 bits per heavy atom. The van der Waals surface area contributed by atoms with Gasteiger partial charge < -0.3 is 14.2 Å². The van der Waals surface area contributed by atoms with Crippen molar-refractivity contribution in [2.45, 2.75) is 39.2 Å². The van der Waals surface area contributed by atoms with E-state index in [1.807, 2.05) is 30.3 Å². The molecule has 0 aliphatic carbocycles. The molecule has 7 heteroatoms. The van der Waals surface area contributed by atoms with Crippen molar-refractivity contribution in [1.29, 1.82) is 0 Å². The van der Waals surface area contributed by atoms with Crippen LogP contribution in [0.15, 0.2) is 42.6 Å². The van der Waals surface area contributed by atoms with E-state index < -0.39 is 5.97 Å². The number of benzene rings is 1. The van der Waals surface area contributed by atoms with Gasteiger partial charge in [0.05, 0.1) is 7.11 Å². The van der Waals surface area contributed by atoms with Crippen molar-refractivity contribution in [1.82, 2.24) is 4.98 Å². The topological polar surface area (TPSA) is 91.8 Å². The molecule has 7 nitrogen and oxygen atoms in total. The van der Waals surface area contributed by atoms with Crippen LogP contribution in [0.25, 0.3) is 0 Å². The van der Waals surface area contributed by atoms with Gasteiger partial charge >= 0.3 is 11.9 Å². The number of hydrogen-bond donors (Lipinski definition) is 0. The molecule has 148 valence electrons. The lowest BCUT2D eigenvalue weighted by atomic mass is 10.2. The van der Waals surface area contributed by atoms with Crippen molar-refractivity contribution in [3.63, 3.8) is 0 Å². The fourth-order valence-corrected chi connectivity index (χ4v) is 2.45. The highest BCUT2D eigenvalue weighted by atomic mass is 16.6. The number of Topliss-reactive ketones (excluding diaryl/α,β-unsaturated/α-hetero) is 1. The third kappa shape index (κ3) is 6.50. The molecular weight excluding hydrogens is 362 g/mol. The van der Waals surface area contributed by atoms with E-state index in [0.29, 0.717) is 12.8 Å². The fourth-order valence-electron chi connectivity index (χ4n) is 2.45. The van der Waals surface area contributed by atoms with Crippen LogP contribution < -0.4 is 9.47 Å². The van der Waals surface area contributed by atoms with Crippen LogP contribution in [-0.2, 0) is 20.9 Å². The zero-order chi connectivity index (χ0) is 20.4. The first-order valence-electron chi connectivity index (χ1n) is 8.95. The maximum Gasteiger partial charge on any atom is 0.311 e. The zero-order valence-electron chi connectivity index (χ0n) is 16.0. The summed E-state index contributed by atoms with van der Waals surface area (Å²) >= 11 is 0. The molecule has 0 unspecified atom stereocenters. The summed E-state index contributed by atoms with van der Waals surface area (Å²) in [5.74, 6) is -0.887. The fraction of sp³-hybridized carbons (Fsp3) is 0.333. The summed E-state index contributed by atoms with van der Waals surface area (Å²) in [4.78, 5) is 39.4. The Morgan fingerprint density at radius 3 is 2.29 bits per heavy atom. The van der Waals surface area contributed by atoms with Crippen LogP contribution in [0.3, 0.4) is 0 Å². The van der Waals surface area contributed by atoms with Gasteiger partial charge in [0.25, 0.3) is 0 Å². The van der Waals surface area contributed by atoms with Crippen molar-refractivity contribution >= 4 is 17.7 Å². The van der Waals surface area contributed by atoms with Crippen molar-refractivity contribution in [3.05, 3.63) is 53.9 Å². The van der Waals surface area contributed by atoms with Crippen LogP contribution in [-0.4, -0.2) is 29.8 Å². The summed E-state index contributed by atoms with van der Waals surface area (Å²) in [6, 6.07) is 10.9. The summed E-state index contributed by atoms with van der Waals surface area (Å²) in [7, 11) is 1.41. The van der Waals surface area contributed by atoms with Gasteiger partial charge in [-0.25, -0.2) is 4.98 Å². The zero-order valence-corrected chi connectivity index (χ0v) is 16.0. The summed E-state index contributed by atoms with van der Waals surface area (Å²) in [5, 5.41) is 0. The number of hydrogen-bond acceptors (Lipinski definition) is 7. The number of carbonyl (C=O) groups is 3. The molecule has 0 aliphatic heterocycles. The van der Waals surface area contributed by atoms with Gasteiger partial charge in [-0.2, -0.15) is 0 Å². The van der Waals surface area contributed by atoms with Crippen molar-refractivity contribution < 1.29 is 28.6 Å². The van der Waals surface area contributed by atoms with Gasteiger partial charge in [0.2, 0.25) is 5.75 Å². The number of methoxy groups -OCH3 is 1. The van der Waals surface area contributed by atoms with E-state index in [1.54, 1.807) is 0 Å². The highest BCUT2D eigenvalue weighted by Crippen LogP contribution is 2.30. The molecule has 0 N–H and O–H groups in total. The number of ether oxygens (including phenoxy) is 3. The van der Waals surface area contributed by atoms with E-state index in [1.165, 1.54) is 26.3 Å². The van der Waals surface area contributed by atoms with Crippen molar-refractivity contribution in [2.24, 2.45) is 0 Å². The molecule has 0 aliphatic rings. The quantitative estimate of drug-likeness (QED) is 0.351. The lowest BCUT2D eigenvalue weighted by molar-refractivity contribution is -0.145. The lowest BCUT2D eigenvalue weighted by Gasteiger charge is -2.11. The van der Waals surface area contributed by atoms with Gasteiger partial charge in [0.1, 0.15) is 6.61 Å². The van der Waals surface area contributed by atoms with Crippen molar-refractivity contribution in [2.75, 3.05) is 7.11 Å². The molecule has 0 radical (unpaired) electrons. The Balaban J connectivity index is 1.74. The Hall–Kier alpha value is -3.22. The number of unbranched alkanes of at least 4 members (excludes halogenated alkanes) is 1. The summed E-state index contributed by atoms with van der Waals surface area (Å²) in [5.41, 5.74) is 0.961. The smallest absolute Gasteiger partial charge is 0.311 e. The molecule has 0 fully saturated rings. The van der Waals surface area contributed by atoms with Crippen LogP contribution in [0.1, 0.15) is 48.7 Å². The minimum Gasteiger partial charge on any atom is -0.493 e. The average Bonchev–Trinajstić information content (AvgIpc) is 2.70. The lowest BCUT2D eigenvalue weighted by Crippen LogP contribution is -2.13. The molecule has 0 saturated carbocycles. The highest BCUT2D eigenvalue weighted by Gasteiger charge is 2.19. The molecule has 0 amide bonds. The van der Waals surface area contributed by atoms with E-state index in [2.05, 4.69) is 4.98 Å². The minimum atomic E-state index is -0.522. The number of aromatic nitrogens is 1. The molecule has 28 heavy (non-hydrogen) atoms. The van der Waals surface area contributed by atoms with Crippen LogP contribution in [0.5, 0.6) is 11.5 Å². The number of esters is 2. The number of pyridine rings is 1. The van der Waals surface area contributed by atoms with Gasteiger partial charge in [0, 0.05) is 32.0 Å². The first-order chi connectivity index (χ1) is 13.5. The van der Waals surface area contributed by atoms with Gasteiger partial charge in [0.15, 0.2) is 17.2 Å². The molecule has 2 rings (SSSR count). The van der Waals surface area contributed by atoms with E-state index >= 15 is 0 Å². The molecular formula is C21H23NO6. The Morgan fingerprint density at radius 2 is 1.64 bits per heavy atom. The Bertz CT molecular complexity index is 819. The van der Waals surface area contributed by atoms with Gasteiger partial charge in [-0.1, -0.05) is 30.3 Å². The van der Waals surface area contributed by atoms with E-state index in [0.717, 1.165) is 5.56 Å². The van der Waals surface area contributed by atoms with Crippen LogP contribution >= 0.6 is 0 Å². The van der Waals surface area contributed by atoms with E-state index in [9.17, 15) is 14.4 Å². The molecule has 0 saturated heterocycles. The van der Waals surface area contributed by atoms with Crippen LogP contribution in [0.4, 0.5) is 0 Å². The number of ketones is 1. The van der Waals surface area contributed by atoms with Gasteiger partial charge in [-0.15, -0.1) is 0 Å². The van der Waals surface area contributed by atoms with Gasteiger partial charge in [-0.05, 0) is 18.4 Å². The molecule has 1 aromatic heterocycles. The predicted octanol–water partition coefficient (Wildman–Crippen LogP) is 3.50. The van der Waals surface area contributed by atoms with Crippen molar-refractivity contribution in [3.8, 4) is 11.5 Å². The summed E-state index contributed by atoms with van der Waals surface area (Å²) in [6.07, 6.45) is 2.67. The normalized spacial score (nSPS) is 10.2. The second kappa shape index (κ2) is 10.8. The Labute approximate surface area is 163 Å². The second-order valence-corrected chi connectivity index (χ2v) is 6.07. The molecule has 0 spiro atoms. The second-order valence-electron chi connectivity index (χ2n) is 6.07.